The van der Waals surface area contributed by atoms with Crippen molar-refractivity contribution in [2.75, 3.05) is 0 Å². The maximum atomic E-state index is 8.52. The van der Waals surface area contributed by atoms with Crippen LogP contribution in [0.25, 0.3) is 0 Å². The van der Waals surface area contributed by atoms with Gasteiger partial charge < -0.3 is 33.9 Å². The van der Waals surface area contributed by atoms with Crippen LogP contribution in [0.5, 0.6) is 0 Å². The van der Waals surface area contributed by atoms with Gasteiger partial charge in [-0.25, -0.2) is 0 Å². The third-order valence-corrected chi connectivity index (χ3v) is 0. The van der Waals surface area contributed by atoms with E-state index in [0.717, 1.165) is 0 Å². The van der Waals surface area contributed by atoms with Gasteiger partial charge in [0.2, 0.25) is 0 Å². The fraction of sp³-hybridized carbons (Fsp3) is 0. The summed E-state index contributed by atoms with van der Waals surface area (Å²) in [5.41, 5.74) is 0. The molecule has 9 heavy (non-hydrogen) atoms. The molecule has 0 spiro atoms. The van der Waals surface area contributed by atoms with E-state index in [1.54, 1.807) is 0 Å². The summed E-state index contributed by atoms with van der Waals surface area (Å²) in [6, 6.07) is 0. The minimum atomic E-state index is -5.17. The standard InChI is InChI=1S/Ba.Ca.2ClH.H2O4S/c;;;;1-5(2,3)4/h;;2*1H;(H2,1,2,3,4)/q2*+2;;;/p-4. The van der Waals surface area contributed by atoms with Crippen LogP contribution in [-0.2, 0) is 10.4 Å². The minimum absolute atomic E-state index is 0. The number of hydrogen-bond acceptors (Lipinski definition) is 4. The molecule has 0 fully saturated rings. The first-order valence-electron chi connectivity index (χ1n) is 0.667. The molecule has 0 aromatic heterocycles. The molecule has 9 heteroatoms. The first kappa shape index (κ1) is 29.5. The van der Waals surface area contributed by atoms with Crippen molar-refractivity contribution in [1.82, 2.24) is 0 Å². The average molecular weight is 344 g/mol. The van der Waals surface area contributed by atoms with E-state index < -0.39 is 10.4 Å². The molecule has 0 amide bonds. The van der Waals surface area contributed by atoms with Crippen molar-refractivity contribution in [2.45, 2.75) is 0 Å². The van der Waals surface area contributed by atoms with Crippen LogP contribution in [0.3, 0.4) is 0 Å². The van der Waals surface area contributed by atoms with E-state index in [1.165, 1.54) is 0 Å². The smallest absolute Gasteiger partial charge is 1.00 e. The summed E-state index contributed by atoms with van der Waals surface area (Å²) in [7, 11) is -5.17. The molecule has 48 valence electrons. The quantitative estimate of drug-likeness (QED) is 0.248. The van der Waals surface area contributed by atoms with E-state index in [-0.39, 0.29) is 111 Å². The minimum Gasteiger partial charge on any atom is -1.00 e. The first-order valence-corrected chi connectivity index (χ1v) is 2.00. The second-order valence-corrected chi connectivity index (χ2v) is 1.22. The van der Waals surface area contributed by atoms with Gasteiger partial charge in [0.15, 0.2) is 0 Å². The van der Waals surface area contributed by atoms with Gasteiger partial charge in [-0.1, -0.05) is 0 Å². The van der Waals surface area contributed by atoms with Crippen LogP contribution < -0.4 is 24.8 Å². The molecule has 0 aliphatic carbocycles. The normalized spacial score (nSPS) is 6.44. The van der Waals surface area contributed by atoms with Crippen LogP contribution in [0.2, 0.25) is 0 Å². The van der Waals surface area contributed by atoms with Gasteiger partial charge in [0.05, 0.1) is 0 Å². The number of hydrogen-bond donors (Lipinski definition) is 0. The van der Waals surface area contributed by atoms with Gasteiger partial charge >= 0.3 is 86.6 Å². The van der Waals surface area contributed by atoms with Crippen molar-refractivity contribution < 1.29 is 42.3 Å². The predicted molar refractivity (Wildman–Crippen MR) is 22.0 cm³/mol. The summed E-state index contributed by atoms with van der Waals surface area (Å²) in [6.07, 6.45) is 0. The van der Waals surface area contributed by atoms with Crippen molar-refractivity contribution in [1.29, 1.82) is 0 Å². The Morgan fingerprint density at radius 1 is 1.00 bits per heavy atom. The molecule has 0 aliphatic rings. The second kappa shape index (κ2) is 13.8. The zero-order valence-corrected chi connectivity index (χ0v) is 13.2. The van der Waals surface area contributed by atoms with Crippen LogP contribution in [-0.4, -0.2) is 104 Å². The molecule has 4 nitrogen and oxygen atoms in total. The molecule has 0 radical (unpaired) electrons. The van der Waals surface area contributed by atoms with Crippen molar-refractivity contribution in [3.63, 3.8) is 0 Å². The Bertz CT molecular complexity index is 102. The Hall–Kier alpha value is 3.28. The Balaban J connectivity index is -0.0000000133. The Kier molecular flexibility index (Phi) is 45.3. The SMILES string of the molecule is O=S(=O)([O-])[O-].[Ba+2].[Ca+2].[Cl-].[Cl-]. The van der Waals surface area contributed by atoms with Gasteiger partial charge in [-0.2, -0.15) is 0 Å². The summed E-state index contributed by atoms with van der Waals surface area (Å²) in [6.45, 7) is 0. The fourth-order valence-electron chi connectivity index (χ4n) is 0. The van der Waals surface area contributed by atoms with Crippen molar-refractivity contribution in [3.05, 3.63) is 0 Å². The summed E-state index contributed by atoms with van der Waals surface area (Å²) < 4.78 is 34.1. The molecular formula is BaCaCl2O4S. The first-order chi connectivity index (χ1) is 2.00. The summed E-state index contributed by atoms with van der Waals surface area (Å²) in [5.74, 6) is 0. The maximum absolute atomic E-state index is 8.52. The molecule has 0 aromatic rings. The van der Waals surface area contributed by atoms with Gasteiger partial charge in [0.25, 0.3) is 0 Å². The topological polar surface area (TPSA) is 80.3 Å². The van der Waals surface area contributed by atoms with Gasteiger partial charge in [0, 0.05) is 10.4 Å². The van der Waals surface area contributed by atoms with E-state index >= 15 is 0 Å². The molecule has 0 saturated carbocycles. The van der Waals surface area contributed by atoms with Crippen LogP contribution in [0.15, 0.2) is 0 Å². The van der Waals surface area contributed by atoms with Crippen LogP contribution in [0.4, 0.5) is 0 Å². The largest absolute Gasteiger partial charge is 2.00 e. The Morgan fingerprint density at radius 2 is 1.00 bits per heavy atom. The van der Waals surface area contributed by atoms with Crippen molar-refractivity contribution in [3.8, 4) is 0 Å². The molecule has 0 rings (SSSR count). The fourth-order valence-corrected chi connectivity index (χ4v) is 0. The monoisotopic (exact) mass is 344 g/mol. The van der Waals surface area contributed by atoms with Gasteiger partial charge in [-0.3, -0.25) is 8.42 Å². The van der Waals surface area contributed by atoms with Gasteiger partial charge in [0.1, 0.15) is 0 Å². The zero-order chi connectivity index (χ0) is 4.50. The van der Waals surface area contributed by atoms with Crippen LogP contribution >= 0.6 is 0 Å². The number of halogens is 2. The molecular weight excluding hydrogens is 344 g/mol. The van der Waals surface area contributed by atoms with Crippen molar-refractivity contribution >= 4 is 97.0 Å². The Morgan fingerprint density at radius 3 is 1.00 bits per heavy atom. The summed E-state index contributed by atoms with van der Waals surface area (Å²) in [4.78, 5) is 0. The van der Waals surface area contributed by atoms with E-state index in [9.17, 15) is 0 Å². The maximum Gasteiger partial charge on any atom is 2.00 e. The zero-order valence-electron chi connectivity index (χ0n) is 4.21. The predicted octanol–water partition coefficient (Wildman–Crippen LogP) is -8.09. The molecule has 0 bridgehead atoms. The summed E-state index contributed by atoms with van der Waals surface area (Å²) in [5, 5.41) is 0. The third kappa shape index (κ3) is 90.3. The molecule has 0 heterocycles. The van der Waals surface area contributed by atoms with Crippen LogP contribution in [0.1, 0.15) is 0 Å². The molecule has 0 N–H and O–H groups in total. The molecule has 0 atom stereocenters. The second-order valence-electron chi connectivity index (χ2n) is 0.408. The van der Waals surface area contributed by atoms with E-state index in [4.69, 9.17) is 17.5 Å². The average Bonchev–Trinajstić information content (AvgIpc) is 0.722. The van der Waals surface area contributed by atoms with Gasteiger partial charge in [-0.05, 0) is 0 Å². The molecule has 0 aliphatic heterocycles. The number of rotatable bonds is 0. The van der Waals surface area contributed by atoms with E-state index in [2.05, 4.69) is 0 Å². The molecule has 0 aromatic carbocycles. The summed E-state index contributed by atoms with van der Waals surface area (Å²) >= 11 is 0. The van der Waals surface area contributed by atoms with E-state index in [1.807, 2.05) is 0 Å². The molecule has 0 unspecified atom stereocenters. The Labute approximate surface area is 136 Å². The molecule has 0 saturated heterocycles. The van der Waals surface area contributed by atoms with Crippen molar-refractivity contribution in [2.24, 2.45) is 0 Å². The van der Waals surface area contributed by atoms with Gasteiger partial charge in [-0.15, -0.1) is 0 Å². The third-order valence-electron chi connectivity index (χ3n) is 0. The van der Waals surface area contributed by atoms with E-state index in [0.29, 0.717) is 0 Å². The van der Waals surface area contributed by atoms with Crippen LogP contribution in [0, 0.1) is 0 Å².